The van der Waals surface area contributed by atoms with Crippen LogP contribution in [0, 0.1) is 0 Å². The van der Waals surface area contributed by atoms with Gasteiger partial charge in [0.15, 0.2) is 5.69 Å². The van der Waals surface area contributed by atoms with E-state index in [1.807, 2.05) is 18.9 Å². The van der Waals surface area contributed by atoms with Crippen molar-refractivity contribution in [3.8, 4) is 5.88 Å². The van der Waals surface area contributed by atoms with Crippen LogP contribution in [0.1, 0.15) is 31.5 Å². The molecular formula is C11H14F3N3O2S. The normalized spacial score (nSPS) is 17.9. The van der Waals surface area contributed by atoms with Crippen LogP contribution in [0.2, 0.25) is 0 Å². The Bertz CT molecular complexity index is 525. The number of halogens is 3. The van der Waals surface area contributed by atoms with Gasteiger partial charge < -0.3 is 9.94 Å². The maximum Gasteiger partial charge on any atom is 0.435 e. The van der Waals surface area contributed by atoms with Gasteiger partial charge in [-0.1, -0.05) is 5.16 Å². The molecule has 0 unspecified atom stereocenters. The van der Waals surface area contributed by atoms with Crippen molar-refractivity contribution in [1.29, 1.82) is 0 Å². The quantitative estimate of drug-likeness (QED) is 0.900. The molecular weight excluding hydrogens is 295 g/mol. The van der Waals surface area contributed by atoms with Crippen LogP contribution in [-0.2, 0) is 17.4 Å². The minimum absolute atomic E-state index is 0.0429. The summed E-state index contributed by atoms with van der Waals surface area (Å²) in [5.74, 6) is -0.183. The molecule has 0 spiro atoms. The Balaban J connectivity index is 1.94. The van der Waals surface area contributed by atoms with E-state index in [0.717, 1.165) is 5.04 Å². The number of rotatable bonds is 3. The molecule has 1 aliphatic heterocycles. The van der Waals surface area contributed by atoms with Gasteiger partial charge in [0.1, 0.15) is 10.6 Å². The number of nitrogens with zero attached hydrogens (tertiary/aromatic N) is 2. The molecule has 0 saturated heterocycles. The van der Waals surface area contributed by atoms with E-state index >= 15 is 0 Å². The third kappa shape index (κ3) is 3.38. The number of aromatic amines is 1. The second kappa shape index (κ2) is 5.19. The average Bonchev–Trinajstić information content (AvgIpc) is 2.82. The van der Waals surface area contributed by atoms with Crippen molar-refractivity contribution in [3.05, 3.63) is 11.3 Å². The van der Waals surface area contributed by atoms with E-state index in [2.05, 4.69) is 10.3 Å². The fourth-order valence-corrected chi connectivity index (χ4v) is 2.86. The number of hydrogen-bond acceptors (Lipinski definition) is 5. The monoisotopic (exact) mass is 309 g/mol. The van der Waals surface area contributed by atoms with E-state index < -0.39 is 17.8 Å². The first-order valence-corrected chi connectivity index (χ1v) is 6.89. The van der Waals surface area contributed by atoms with Gasteiger partial charge in [0.25, 0.3) is 0 Å². The molecule has 9 heteroatoms. The summed E-state index contributed by atoms with van der Waals surface area (Å²) in [5.41, 5.74) is -1.65. The van der Waals surface area contributed by atoms with Gasteiger partial charge in [-0.05, 0) is 20.3 Å². The third-order valence-electron chi connectivity index (χ3n) is 2.71. The van der Waals surface area contributed by atoms with E-state index in [1.54, 1.807) is 0 Å². The summed E-state index contributed by atoms with van der Waals surface area (Å²) < 4.78 is 37.9. The predicted molar refractivity (Wildman–Crippen MR) is 68.6 cm³/mol. The Morgan fingerprint density at radius 1 is 1.45 bits per heavy atom. The maximum atomic E-state index is 12.6. The summed E-state index contributed by atoms with van der Waals surface area (Å²) in [6, 6.07) is 0. The maximum absolute atomic E-state index is 12.6. The Labute approximate surface area is 117 Å². The lowest BCUT2D eigenvalue weighted by Gasteiger charge is -2.13. The van der Waals surface area contributed by atoms with E-state index in [4.69, 9.17) is 4.84 Å². The molecule has 112 valence electrons. The fraction of sp³-hybridized carbons (Fsp3) is 0.636. The molecule has 0 aliphatic carbocycles. The zero-order chi connectivity index (χ0) is 15.0. The van der Waals surface area contributed by atoms with Gasteiger partial charge >= 0.3 is 6.18 Å². The van der Waals surface area contributed by atoms with Gasteiger partial charge in [-0.3, -0.25) is 0 Å². The number of aromatic nitrogens is 2. The molecule has 0 atom stereocenters. The number of hydrogen-bond donors (Lipinski definition) is 2. The molecule has 1 aromatic rings. The molecule has 2 rings (SSSR count). The Morgan fingerprint density at radius 2 is 2.15 bits per heavy atom. The first-order chi connectivity index (χ1) is 9.19. The molecule has 0 bridgehead atoms. The summed E-state index contributed by atoms with van der Waals surface area (Å²) in [6.45, 7) is 3.77. The molecule has 2 N–H and O–H groups in total. The molecule has 20 heavy (non-hydrogen) atoms. The lowest BCUT2D eigenvalue weighted by atomic mass is 10.1. The van der Waals surface area contributed by atoms with Crippen LogP contribution >= 0.6 is 11.8 Å². The number of nitrogens with one attached hydrogen (secondary N) is 1. The highest BCUT2D eigenvalue weighted by Gasteiger charge is 2.38. The predicted octanol–water partition coefficient (Wildman–Crippen LogP) is 2.92. The van der Waals surface area contributed by atoms with Gasteiger partial charge in [-0.2, -0.15) is 18.3 Å². The van der Waals surface area contributed by atoms with E-state index in [0.29, 0.717) is 12.2 Å². The van der Waals surface area contributed by atoms with Crippen LogP contribution in [0.5, 0.6) is 5.88 Å². The zero-order valence-electron chi connectivity index (χ0n) is 10.9. The molecule has 0 amide bonds. The molecule has 5 nitrogen and oxygen atoms in total. The van der Waals surface area contributed by atoms with Gasteiger partial charge in [0.2, 0.25) is 5.88 Å². The van der Waals surface area contributed by atoms with Gasteiger partial charge in [0, 0.05) is 17.7 Å². The van der Waals surface area contributed by atoms with Gasteiger partial charge in [0.05, 0.1) is 0 Å². The SMILES string of the molecule is CC1(C)CC(SCCc2c(C(F)(F)F)n[nH]c2O)=NO1. The number of thioether (sulfide) groups is 1. The van der Waals surface area contributed by atoms with Gasteiger partial charge in [-0.15, -0.1) is 11.8 Å². The third-order valence-corrected chi connectivity index (χ3v) is 3.67. The number of alkyl halides is 3. The summed E-state index contributed by atoms with van der Waals surface area (Å²) in [4.78, 5) is 5.16. The first kappa shape index (κ1) is 15.0. The van der Waals surface area contributed by atoms with Crippen molar-refractivity contribution in [3.63, 3.8) is 0 Å². The average molecular weight is 309 g/mol. The largest absolute Gasteiger partial charge is 0.493 e. The van der Waals surface area contributed by atoms with Crippen LogP contribution < -0.4 is 0 Å². The lowest BCUT2D eigenvalue weighted by molar-refractivity contribution is -0.141. The smallest absolute Gasteiger partial charge is 0.435 e. The molecule has 0 saturated carbocycles. The van der Waals surface area contributed by atoms with E-state index in [-0.39, 0.29) is 17.6 Å². The van der Waals surface area contributed by atoms with Crippen molar-refractivity contribution in [2.45, 2.75) is 38.5 Å². The molecule has 0 fully saturated rings. The fourth-order valence-electron chi connectivity index (χ4n) is 1.78. The summed E-state index contributed by atoms with van der Waals surface area (Å²) in [7, 11) is 0. The highest BCUT2D eigenvalue weighted by Crippen LogP contribution is 2.35. The minimum atomic E-state index is -4.58. The topological polar surface area (TPSA) is 70.5 Å². The first-order valence-electron chi connectivity index (χ1n) is 5.90. The zero-order valence-corrected chi connectivity index (χ0v) is 11.7. The Hall–Kier alpha value is -1.38. The van der Waals surface area contributed by atoms with E-state index in [1.165, 1.54) is 11.8 Å². The summed E-state index contributed by atoms with van der Waals surface area (Å²) in [5, 5.41) is 19.1. The molecule has 1 aromatic heterocycles. The molecule has 0 radical (unpaired) electrons. The van der Waals surface area contributed by atoms with Crippen LogP contribution in [0.25, 0.3) is 0 Å². The molecule has 2 heterocycles. The molecule has 1 aliphatic rings. The summed E-state index contributed by atoms with van der Waals surface area (Å²) >= 11 is 1.32. The van der Waals surface area contributed by atoms with Crippen LogP contribution in [-0.4, -0.2) is 31.7 Å². The van der Waals surface area contributed by atoms with Crippen LogP contribution in [0.4, 0.5) is 13.2 Å². The van der Waals surface area contributed by atoms with Crippen molar-refractivity contribution < 1.29 is 23.1 Å². The number of oxime groups is 1. The van der Waals surface area contributed by atoms with Crippen molar-refractivity contribution >= 4 is 16.8 Å². The number of H-pyrrole nitrogens is 1. The Morgan fingerprint density at radius 3 is 2.70 bits per heavy atom. The number of aromatic hydroxyl groups is 1. The van der Waals surface area contributed by atoms with Crippen LogP contribution in [0.15, 0.2) is 5.16 Å². The highest BCUT2D eigenvalue weighted by atomic mass is 32.2. The van der Waals surface area contributed by atoms with Crippen molar-refractivity contribution in [2.75, 3.05) is 5.75 Å². The van der Waals surface area contributed by atoms with Crippen molar-refractivity contribution in [2.24, 2.45) is 5.16 Å². The van der Waals surface area contributed by atoms with E-state index in [9.17, 15) is 18.3 Å². The summed E-state index contributed by atoms with van der Waals surface area (Å²) in [6.07, 6.45) is -3.91. The van der Waals surface area contributed by atoms with Gasteiger partial charge in [-0.25, -0.2) is 5.10 Å². The van der Waals surface area contributed by atoms with Crippen LogP contribution in [0.3, 0.4) is 0 Å². The molecule has 0 aromatic carbocycles. The highest BCUT2D eigenvalue weighted by molar-refractivity contribution is 8.13. The second-order valence-electron chi connectivity index (χ2n) is 5.01. The minimum Gasteiger partial charge on any atom is -0.493 e. The lowest BCUT2D eigenvalue weighted by Crippen LogP contribution is -2.18. The standard InChI is InChI=1S/C11H14F3N3O2S/c1-10(2)5-7(17-19-10)20-4-3-6-8(11(12,13)14)15-16-9(6)18/h3-5H2,1-2H3,(H2,15,16,18). The Kier molecular flexibility index (Phi) is 3.90. The second-order valence-corrected chi connectivity index (χ2v) is 6.18. The van der Waals surface area contributed by atoms with Crippen molar-refractivity contribution in [1.82, 2.24) is 10.2 Å².